The molecule has 1 N–H and O–H groups in total. The van der Waals surface area contributed by atoms with E-state index in [-0.39, 0.29) is 10.6 Å². The first-order valence-corrected chi connectivity index (χ1v) is 13.2. The number of hydrogen-bond donors (Lipinski definition) is 1. The van der Waals surface area contributed by atoms with E-state index in [1.807, 2.05) is 13.8 Å². The van der Waals surface area contributed by atoms with Crippen LogP contribution in [0.3, 0.4) is 0 Å². The molecule has 0 aliphatic carbocycles. The summed E-state index contributed by atoms with van der Waals surface area (Å²) >= 11 is 0. The van der Waals surface area contributed by atoms with Crippen LogP contribution >= 0.6 is 0 Å². The van der Waals surface area contributed by atoms with Gasteiger partial charge in [-0.15, -0.1) is 0 Å². The summed E-state index contributed by atoms with van der Waals surface area (Å²) in [5.74, 6) is -0.142. The van der Waals surface area contributed by atoms with Gasteiger partial charge >= 0.3 is 6.18 Å². The number of alkyl halides is 3. The molecule has 0 atom stereocenters. The predicted molar refractivity (Wildman–Crippen MR) is 141 cm³/mol. The lowest BCUT2D eigenvalue weighted by Gasteiger charge is -2.25. The van der Waals surface area contributed by atoms with E-state index < -0.39 is 34.2 Å². The van der Waals surface area contributed by atoms with Crippen LogP contribution in [0.25, 0.3) is 10.8 Å². The zero-order chi connectivity index (χ0) is 27.5. The molecule has 0 radical (unpaired) electrons. The monoisotopic (exact) mass is 542 g/mol. The van der Waals surface area contributed by atoms with E-state index in [0.29, 0.717) is 33.1 Å². The minimum absolute atomic E-state index is 0.120. The Morgan fingerprint density at radius 3 is 2.26 bits per heavy atom. The number of halogens is 3. The number of ether oxygens (including phenoxy) is 1. The zero-order valence-corrected chi connectivity index (χ0v) is 21.4. The number of carbonyl (C=O) groups excluding carboxylic acids is 1. The van der Waals surface area contributed by atoms with Crippen LogP contribution in [0, 0.1) is 6.92 Å². The lowest BCUT2D eigenvalue weighted by molar-refractivity contribution is -0.137. The Labute approximate surface area is 218 Å². The Morgan fingerprint density at radius 1 is 0.921 bits per heavy atom. The van der Waals surface area contributed by atoms with Gasteiger partial charge in [-0.05, 0) is 73.3 Å². The van der Waals surface area contributed by atoms with Crippen molar-refractivity contribution in [2.45, 2.75) is 24.9 Å². The molecule has 0 aliphatic rings. The molecule has 0 saturated heterocycles. The van der Waals surface area contributed by atoms with Crippen molar-refractivity contribution < 1.29 is 31.1 Å². The van der Waals surface area contributed by atoms with Gasteiger partial charge in [0, 0.05) is 11.1 Å². The Bertz CT molecular complexity index is 1570. The smallest absolute Gasteiger partial charge is 0.416 e. The highest BCUT2D eigenvalue weighted by Crippen LogP contribution is 2.35. The van der Waals surface area contributed by atoms with Crippen molar-refractivity contribution in [1.29, 1.82) is 0 Å². The summed E-state index contributed by atoms with van der Waals surface area (Å²) in [5, 5.41) is 3.68. The van der Waals surface area contributed by atoms with Crippen molar-refractivity contribution in [3.05, 3.63) is 96.1 Å². The first-order chi connectivity index (χ1) is 18.0. The summed E-state index contributed by atoms with van der Waals surface area (Å²) < 4.78 is 74.5. The molecule has 0 spiro atoms. The molecule has 0 aromatic heterocycles. The van der Waals surface area contributed by atoms with Crippen molar-refractivity contribution in [3.63, 3.8) is 0 Å². The molecule has 4 aromatic carbocycles. The number of anilines is 2. The highest BCUT2D eigenvalue weighted by molar-refractivity contribution is 7.93. The van der Waals surface area contributed by atoms with Crippen LogP contribution in [0.4, 0.5) is 24.5 Å². The standard InChI is InChI=1S/C28H25F3N2O4S/c1-3-37-23-14-12-21(13-15-23)32-27(34)18-33(22-8-6-7-20(17-22)28(29,30)31)38(35,36)26-16-11-19(2)24-9-4-5-10-25(24)26/h4-17H,3,18H2,1-2H3,(H,32,34). The van der Waals surface area contributed by atoms with Crippen LogP contribution in [0.5, 0.6) is 5.75 Å². The number of amides is 1. The summed E-state index contributed by atoms with van der Waals surface area (Å²) in [6, 6.07) is 20.2. The number of carbonyl (C=O) groups is 1. The summed E-state index contributed by atoms with van der Waals surface area (Å²) in [5.41, 5.74) is -0.110. The third-order valence-corrected chi connectivity index (χ3v) is 7.70. The molecular formula is C28H25F3N2O4S. The molecule has 1 amide bonds. The topological polar surface area (TPSA) is 75.7 Å². The van der Waals surface area contributed by atoms with Crippen LogP contribution in [0.2, 0.25) is 0 Å². The minimum atomic E-state index is -4.70. The number of aryl methyl sites for hydroxylation is 1. The second kappa shape index (κ2) is 10.7. The molecule has 4 rings (SSSR count). The highest BCUT2D eigenvalue weighted by Gasteiger charge is 2.34. The normalized spacial score (nSPS) is 11.8. The predicted octanol–water partition coefficient (Wildman–Crippen LogP) is 6.40. The van der Waals surface area contributed by atoms with Crippen LogP contribution in [-0.2, 0) is 21.0 Å². The molecule has 6 nitrogen and oxygen atoms in total. The van der Waals surface area contributed by atoms with Gasteiger partial charge in [0.2, 0.25) is 5.91 Å². The SMILES string of the molecule is CCOc1ccc(NC(=O)CN(c2cccc(C(F)(F)F)c2)S(=O)(=O)c2ccc(C)c3ccccc23)cc1. The average Bonchev–Trinajstić information content (AvgIpc) is 2.88. The molecule has 0 bridgehead atoms. The van der Waals surface area contributed by atoms with Gasteiger partial charge in [-0.3, -0.25) is 9.10 Å². The first kappa shape index (κ1) is 27.0. The van der Waals surface area contributed by atoms with Crippen molar-refractivity contribution >= 4 is 38.1 Å². The quantitative estimate of drug-likeness (QED) is 0.280. The molecule has 198 valence electrons. The molecule has 0 aliphatic heterocycles. The van der Waals surface area contributed by atoms with E-state index in [4.69, 9.17) is 4.74 Å². The number of rotatable bonds is 8. The number of fused-ring (bicyclic) bond motifs is 1. The van der Waals surface area contributed by atoms with Gasteiger partial charge in [0.15, 0.2) is 0 Å². The maximum Gasteiger partial charge on any atom is 0.416 e. The van der Waals surface area contributed by atoms with Gasteiger partial charge in [-0.1, -0.05) is 36.4 Å². The van der Waals surface area contributed by atoms with Crippen molar-refractivity contribution in [3.8, 4) is 5.75 Å². The van der Waals surface area contributed by atoms with E-state index in [9.17, 15) is 26.4 Å². The number of sulfonamides is 1. The maximum absolute atomic E-state index is 14.0. The van der Waals surface area contributed by atoms with Gasteiger partial charge < -0.3 is 10.1 Å². The average molecular weight is 543 g/mol. The van der Waals surface area contributed by atoms with Crippen LogP contribution < -0.4 is 14.4 Å². The van der Waals surface area contributed by atoms with Gasteiger partial charge in [0.05, 0.1) is 22.8 Å². The van der Waals surface area contributed by atoms with Gasteiger partial charge in [0.25, 0.3) is 10.0 Å². The van der Waals surface area contributed by atoms with Gasteiger partial charge in [0.1, 0.15) is 12.3 Å². The Hall–Kier alpha value is -4.05. The van der Waals surface area contributed by atoms with E-state index in [2.05, 4.69) is 5.32 Å². The van der Waals surface area contributed by atoms with E-state index >= 15 is 0 Å². The van der Waals surface area contributed by atoms with Crippen LogP contribution in [0.15, 0.2) is 89.8 Å². The summed E-state index contributed by atoms with van der Waals surface area (Å²) in [6.45, 7) is 3.37. The van der Waals surface area contributed by atoms with Crippen LogP contribution in [0.1, 0.15) is 18.1 Å². The molecule has 10 heteroatoms. The number of nitrogens with one attached hydrogen (secondary N) is 1. The lowest BCUT2D eigenvalue weighted by Crippen LogP contribution is -2.38. The second-order valence-corrected chi connectivity index (χ2v) is 10.3. The fourth-order valence-electron chi connectivity index (χ4n) is 4.05. The van der Waals surface area contributed by atoms with Crippen molar-refractivity contribution in [2.24, 2.45) is 0 Å². The highest BCUT2D eigenvalue weighted by atomic mass is 32.2. The Balaban J connectivity index is 1.76. The fraction of sp³-hybridized carbons (Fsp3) is 0.179. The Kier molecular flexibility index (Phi) is 7.63. The zero-order valence-electron chi connectivity index (χ0n) is 20.6. The van der Waals surface area contributed by atoms with Crippen LogP contribution in [-0.4, -0.2) is 27.5 Å². The third kappa shape index (κ3) is 5.75. The summed E-state index contributed by atoms with van der Waals surface area (Å²) in [4.78, 5) is 12.9. The van der Waals surface area contributed by atoms with E-state index in [0.717, 1.165) is 23.8 Å². The van der Waals surface area contributed by atoms with Gasteiger partial charge in [-0.2, -0.15) is 13.2 Å². The summed E-state index contributed by atoms with van der Waals surface area (Å²) in [6.07, 6.45) is -4.70. The molecule has 38 heavy (non-hydrogen) atoms. The first-order valence-electron chi connectivity index (χ1n) is 11.7. The lowest BCUT2D eigenvalue weighted by atomic mass is 10.1. The molecule has 0 fully saturated rings. The fourth-order valence-corrected chi connectivity index (χ4v) is 5.66. The number of hydrogen-bond acceptors (Lipinski definition) is 4. The Morgan fingerprint density at radius 2 is 1.61 bits per heavy atom. The second-order valence-electron chi connectivity index (χ2n) is 8.49. The number of nitrogens with zero attached hydrogens (tertiary/aromatic N) is 1. The largest absolute Gasteiger partial charge is 0.494 e. The molecule has 4 aromatic rings. The number of benzene rings is 4. The van der Waals surface area contributed by atoms with Gasteiger partial charge in [-0.25, -0.2) is 8.42 Å². The minimum Gasteiger partial charge on any atom is -0.494 e. The molecule has 0 heterocycles. The van der Waals surface area contributed by atoms with E-state index in [1.54, 1.807) is 54.6 Å². The molecule has 0 saturated carbocycles. The maximum atomic E-state index is 14.0. The summed E-state index contributed by atoms with van der Waals surface area (Å²) in [7, 11) is -4.48. The molecule has 0 unspecified atom stereocenters. The van der Waals surface area contributed by atoms with Crippen molar-refractivity contribution in [2.75, 3.05) is 22.8 Å². The molecular weight excluding hydrogens is 517 g/mol. The third-order valence-electron chi connectivity index (χ3n) is 5.87. The van der Waals surface area contributed by atoms with Crippen molar-refractivity contribution in [1.82, 2.24) is 0 Å². The van der Waals surface area contributed by atoms with E-state index in [1.165, 1.54) is 12.1 Å².